The highest BCUT2D eigenvalue weighted by molar-refractivity contribution is 6.18. The lowest BCUT2D eigenvalue weighted by molar-refractivity contribution is -0.177. The highest BCUT2D eigenvalue weighted by Crippen LogP contribution is 2.42. The highest BCUT2D eigenvalue weighted by Gasteiger charge is 2.59. The fourth-order valence-electron chi connectivity index (χ4n) is 2.77. The summed E-state index contributed by atoms with van der Waals surface area (Å²) in [5.74, 6) is -2.50. The summed E-state index contributed by atoms with van der Waals surface area (Å²) < 4.78 is 32.8. The smallest absolute Gasteiger partial charge is 0.349 e. The maximum absolute atomic E-state index is 15.4. The monoisotopic (exact) mass is 432 g/mol. The van der Waals surface area contributed by atoms with E-state index in [-0.39, 0.29) is 5.88 Å². The van der Waals surface area contributed by atoms with E-state index in [4.69, 9.17) is 25.8 Å². The number of hydrogen-bond acceptors (Lipinski definition) is 7. The Morgan fingerprint density at radius 1 is 1.31 bits per heavy atom. The summed E-state index contributed by atoms with van der Waals surface area (Å²) in [6.07, 6.45) is -3.52. The minimum Gasteiger partial charge on any atom is -0.462 e. The Kier molecular flexibility index (Phi) is 7.40. The molecule has 1 aliphatic rings. The average Bonchev–Trinajstić information content (AvgIpc) is 2.92. The molecule has 1 aromatic heterocycles. The molecule has 4 atom stereocenters. The van der Waals surface area contributed by atoms with Crippen molar-refractivity contribution in [3.8, 4) is 0 Å². The second kappa shape index (κ2) is 9.21. The minimum absolute atomic E-state index is 0.334. The number of nitrogens with zero attached hydrogens (tertiary/aromatic N) is 2. The largest absolute Gasteiger partial charge is 0.462 e. The lowest BCUT2D eigenvalue weighted by Gasteiger charge is -2.32. The van der Waals surface area contributed by atoms with E-state index in [0.717, 1.165) is 4.57 Å². The van der Waals surface area contributed by atoms with E-state index in [0.29, 0.717) is 5.69 Å². The van der Waals surface area contributed by atoms with Crippen LogP contribution in [-0.4, -0.2) is 51.9 Å². The first-order valence-corrected chi connectivity index (χ1v) is 9.86. The van der Waals surface area contributed by atoms with Gasteiger partial charge in [0.1, 0.15) is 6.61 Å². The maximum atomic E-state index is 15.4. The van der Waals surface area contributed by atoms with Gasteiger partial charge in [-0.25, -0.2) is 9.18 Å². The molecule has 2 heterocycles. The predicted molar refractivity (Wildman–Crippen MR) is 102 cm³/mol. The molecular weight excluding hydrogens is 407 g/mol. The lowest BCUT2D eigenvalue weighted by atomic mass is 9.98. The molecule has 0 unspecified atom stereocenters. The Labute approximate surface area is 173 Å². The van der Waals surface area contributed by atoms with Crippen LogP contribution in [0.5, 0.6) is 0 Å². The number of hydrogen-bond donors (Lipinski definition) is 0. The van der Waals surface area contributed by atoms with Gasteiger partial charge < -0.3 is 14.2 Å². The van der Waals surface area contributed by atoms with Crippen molar-refractivity contribution in [3.05, 3.63) is 28.4 Å². The van der Waals surface area contributed by atoms with E-state index < -0.39 is 60.2 Å². The van der Waals surface area contributed by atoms with E-state index in [2.05, 4.69) is 4.98 Å². The van der Waals surface area contributed by atoms with Gasteiger partial charge in [-0.2, -0.15) is 4.98 Å². The fourth-order valence-corrected chi connectivity index (χ4v) is 3.06. The predicted octanol–water partition coefficient (Wildman–Crippen LogP) is 2.16. The number of halogens is 2. The van der Waals surface area contributed by atoms with E-state index in [9.17, 15) is 14.4 Å². The standard InChI is InChI=1S/C19H26ClFN2O6/c1-10(2)16(24)27-9-19(8-20)14(28-17(25)11(3)4)13(21)15(29-19)23-7-6-12(5)22-18(23)26/h6-7,10-11,13-15H,8-9H2,1-5H3/t13-,14+,15-,19-/m1/s1. The molecule has 29 heavy (non-hydrogen) atoms. The molecule has 0 saturated carbocycles. The summed E-state index contributed by atoms with van der Waals surface area (Å²) in [5.41, 5.74) is -1.93. The van der Waals surface area contributed by atoms with Crippen LogP contribution in [-0.2, 0) is 23.8 Å². The third kappa shape index (κ3) is 4.95. The van der Waals surface area contributed by atoms with Crippen molar-refractivity contribution in [1.29, 1.82) is 0 Å². The normalized spacial score (nSPS) is 26.7. The van der Waals surface area contributed by atoms with Crippen molar-refractivity contribution in [2.75, 3.05) is 12.5 Å². The Bertz CT molecular complexity index is 814. The molecular formula is C19H26ClFN2O6. The molecule has 0 radical (unpaired) electrons. The molecule has 0 aromatic carbocycles. The molecule has 2 rings (SSSR count). The first-order chi connectivity index (χ1) is 13.5. The molecule has 1 saturated heterocycles. The number of aryl methyl sites for hydroxylation is 1. The summed E-state index contributed by atoms with van der Waals surface area (Å²) in [6, 6.07) is 1.52. The first kappa shape index (κ1) is 23.3. The van der Waals surface area contributed by atoms with Gasteiger partial charge in [0.05, 0.1) is 17.7 Å². The number of carbonyl (C=O) groups is 2. The van der Waals surface area contributed by atoms with Crippen molar-refractivity contribution in [3.63, 3.8) is 0 Å². The van der Waals surface area contributed by atoms with Crippen LogP contribution in [0.2, 0.25) is 0 Å². The van der Waals surface area contributed by atoms with Gasteiger partial charge in [0.2, 0.25) is 0 Å². The van der Waals surface area contributed by atoms with E-state index in [1.165, 1.54) is 12.3 Å². The Balaban J connectivity index is 2.42. The second-order valence-electron chi connectivity index (χ2n) is 7.68. The second-order valence-corrected chi connectivity index (χ2v) is 7.95. The summed E-state index contributed by atoms with van der Waals surface area (Å²) in [5, 5.41) is 0. The van der Waals surface area contributed by atoms with Gasteiger partial charge in [0.25, 0.3) is 0 Å². The van der Waals surface area contributed by atoms with Crippen molar-refractivity contribution >= 4 is 23.5 Å². The number of alkyl halides is 2. The van der Waals surface area contributed by atoms with Gasteiger partial charge in [-0.05, 0) is 13.0 Å². The van der Waals surface area contributed by atoms with Gasteiger partial charge in [-0.1, -0.05) is 27.7 Å². The Morgan fingerprint density at radius 3 is 2.45 bits per heavy atom. The highest BCUT2D eigenvalue weighted by atomic mass is 35.5. The zero-order valence-electron chi connectivity index (χ0n) is 17.1. The van der Waals surface area contributed by atoms with E-state index >= 15 is 4.39 Å². The molecule has 0 aliphatic carbocycles. The lowest BCUT2D eigenvalue weighted by Crippen LogP contribution is -2.51. The molecule has 8 nitrogen and oxygen atoms in total. The molecule has 162 valence electrons. The molecule has 1 aliphatic heterocycles. The number of aromatic nitrogens is 2. The molecule has 1 aromatic rings. The number of esters is 2. The first-order valence-electron chi connectivity index (χ1n) is 9.33. The van der Waals surface area contributed by atoms with Gasteiger partial charge in [0.15, 0.2) is 24.1 Å². The zero-order valence-corrected chi connectivity index (χ0v) is 17.8. The Hall–Kier alpha value is -2.00. The van der Waals surface area contributed by atoms with Crippen molar-refractivity contribution in [2.45, 2.75) is 58.7 Å². The minimum atomic E-state index is -1.93. The van der Waals surface area contributed by atoms with Crippen LogP contribution in [0.25, 0.3) is 0 Å². The molecule has 0 amide bonds. The van der Waals surface area contributed by atoms with Crippen molar-refractivity contribution in [2.24, 2.45) is 11.8 Å². The molecule has 10 heteroatoms. The quantitative estimate of drug-likeness (QED) is 0.481. The summed E-state index contributed by atoms with van der Waals surface area (Å²) in [6.45, 7) is 7.65. The Morgan fingerprint density at radius 2 is 1.93 bits per heavy atom. The SMILES string of the molecule is Cc1ccn([C@@H]2O[C@](CCl)(COC(=O)C(C)C)[C@@H](OC(=O)C(C)C)[C@H]2F)c(=O)n1. The summed E-state index contributed by atoms with van der Waals surface area (Å²) in [4.78, 5) is 40.1. The van der Waals surface area contributed by atoms with E-state index in [1.807, 2.05) is 0 Å². The van der Waals surface area contributed by atoms with Crippen LogP contribution in [0.3, 0.4) is 0 Å². The number of ether oxygens (including phenoxy) is 3. The zero-order chi connectivity index (χ0) is 21.9. The fraction of sp³-hybridized carbons (Fsp3) is 0.684. The maximum Gasteiger partial charge on any atom is 0.349 e. The summed E-state index contributed by atoms with van der Waals surface area (Å²) >= 11 is 6.09. The number of rotatable bonds is 7. The molecule has 0 bridgehead atoms. The number of carbonyl (C=O) groups excluding carboxylic acids is 2. The van der Waals surface area contributed by atoms with Crippen LogP contribution < -0.4 is 5.69 Å². The molecule has 1 fully saturated rings. The van der Waals surface area contributed by atoms with Gasteiger partial charge >= 0.3 is 17.6 Å². The molecule has 0 spiro atoms. The van der Waals surface area contributed by atoms with Crippen LogP contribution in [0.1, 0.15) is 39.6 Å². The third-order valence-electron chi connectivity index (χ3n) is 4.55. The van der Waals surface area contributed by atoms with E-state index in [1.54, 1.807) is 34.6 Å². The van der Waals surface area contributed by atoms with Gasteiger partial charge in [0, 0.05) is 11.9 Å². The van der Waals surface area contributed by atoms with Crippen molar-refractivity contribution in [1.82, 2.24) is 9.55 Å². The van der Waals surface area contributed by atoms with Crippen LogP contribution >= 0.6 is 11.6 Å². The van der Waals surface area contributed by atoms with Gasteiger partial charge in [-0.3, -0.25) is 14.2 Å². The van der Waals surface area contributed by atoms with Gasteiger partial charge in [-0.15, -0.1) is 11.6 Å². The topological polar surface area (TPSA) is 96.7 Å². The van der Waals surface area contributed by atoms with Crippen LogP contribution in [0.4, 0.5) is 4.39 Å². The summed E-state index contributed by atoms with van der Waals surface area (Å²) in [7, 11) is 0. The van der Waals surface area contributed by atoms with Crippen LogP contribution in [0, 0.1) is 18.8 Å². The van der Waals surface area contributed by atoms with Crippen LogP contribution in [0.15, 0.2) is 17.1 Å². The molecule has 0 N–H and O–H groups in total. The average molecular weight is 433 g/mol. The third-order valence-corrected chi connectivity index (χ3v) is 5.00. The van der Waals surface area contributed by atoms with Crippen molar-refractivity contribution < 1.29 is 28.2 Å².